The first-order valence-electron chi connectivity index (χ1n) is 4.80. The summed E-state index contributed by atoms with van der Waals surface area (Å²) in [6.45, 7) is 0. The highest BCUT2D eigenvalue weighted by molar-refractivity contribution is 5.68. The molecular weight excluding hydrogens is 225 g/mol. The molecule has 0 fully saturated rings. The zero-order valence-corrected chi connectivity index (χ0v) is 8.63. The van der Waals surface area contributed by atoms with Gasteiger partial charge in [0.25, 0.3) is 5.69 Å². The van der Waals surface area contributed by atoms with Crippen LogP contribution < -0.4 is 0 Å². The predicted octanol–water partition coefficient (Wildman–Crippen LogP) is 3.11. The molecule has 0 saturated heterocycles. The Morgan fingerprint density at radius 3 is 2.29 bits per heavy atom. The van der Waals surface area contributed by atoms with Gasteiger partial charge in [-0.05, 0) is 29.3 Å². The highest BCUT2D eigenvalue weighted by Crippen LogP contribution is 2.28. The van der Waals surface area contributed by atoms with E-state index in [0.717, 1.165) is 6.07 Å². The summed E-state index contributed by atoms with van der Waals surface area (Å²) in [5.41, 5.74) is 0.867. The fraction of sp³-hybridized carbons (Fsp3) is 0. The van der Waals surface area contributed by atoms with Crippen LogP contribution in [0.4, 0.5) is 10.1 Å². The number of non-ortho nitro benzene ring substituents is 1. The van der Waals surface area contributed by atoms with Crippen LogP contribution in [0.1, 0.15) is 0 Å². The Morgan fingerprint density at radius 2 is 1.71 bits per heavy atom. The second-order valence-electron chi connectivity index (χ2n) is 3.50. The molecule has 0 saturated carbocycles. The van der Waals surface area contributed by atoms with Crippen molar-refractivity contribution >= 4 is 5.69 Å². The molecule has 0 heterocycles. The minimum Gasteiger partial charge on any atom is -0.508 e. The Hall–Kier alpha value is -2.43. The van der Waals surface area contributed by atoms with Gasteiger partial charge in [0.15, 0.2) is 0 Å². The molecule has 1 N–H and O–H groups in total. The van der Waals surface area contributed by atoms with Crippen molar-refractivity contribution in [3.05, 3.63) is 58.4 Å². The molecule has 0 bridgehead atoms. The number of nitrogens with zero attached hydrogens (tertiary/aromatic N) is 1. The van der Waals surface area contributed by atoms with Gasteiger partial charge in [-0.15, -0.1) is 0 Å². The van der Waals surface area contributed by atoms with Crippen LogP contribution in [0.5, 0.6) is 5.75 Å². The predicted molar refractivity (Wildman–Crippen MR) is 60.2 cm³/mol. The lowest BCUT2D eigenvalue weighted by molar-refractivity contribution is -0.384. The lowest BCUT2D eigenvalue weighted by Gasteiger charge is -2.02. The van der Waals surface area contributed by atoms with E-state index < -0.39 is 4.92 Å². The fourth-order valence-electron chi connectivity index (χ4n) is 1.51. The van der Waals surface area contributed by atoms with Crippen LogP contribution in [0.25, 0.3) is 11.1 Å². The number of hydrogen-bond donors (Lipinski definition) is 1. The molecule has 0 spiro atoms. The molecule has 0 aromatic heterocycles. The third-order valence-corrected chi connectivity index (χ3v) is 2.29. The van der Waals surface area contributed by atoms with Gasteiger partial charge in [-0.25, -0.2) is 4.39 Å². The molecule has 2 rings (SSSR count). The average molecular weight is 233 g/mol. The van der Waals surface area contributed by atoms with Gasteiger partial charge < -0.3 is 5.11 Å². The van der Waals surface area contributed by atoms with Gasteiger partial charge in [-0.1, -0.05) is 12.1 Å². The molecule has 0 aliphatic rings. The number of phenolic OH excluding ortho intramolecular Hbond substituents is 1. The van der Waals surface area contributed by atoms with E-state index in [9.17, 15) is 19.6 Å². The number of aromatic hydroxyl groups is 1. The van der Waals surface area contributed by atoms with Crippen LogP contribution in [0, 0.1) is 15.9 Å². The minimum absolute atomic E-state index is 0.196. The Kier molecular flexibility index (Phi) is 2.74. The summed E-state index contributed by atoms with van der Waals surface area (Å²) in [5.74, 6) is -0.582. The van der Waals surface area contributed by atoms with E-state index in [1.807, 2.05) is 0 Å². The molecule has 0 aliphatic heterocycles. The molecule has 0 amide bonds. The van der Waals surface area contributed by atoms with Crippen LogP contribution in [0.2, 0.25) is 0 Å². The van der Waals surface area contributed by atoms with Gasteiger partial charge in [0.05, 0.1) is 11.0 Å². The average Bonchev–Trinajstić information content (AvgIpc) is 2.29. The smallest absolute Gasteiger partial charge is 0.273 e. The lowest BCUT2D eigenvalue weighted by atomic mass is 10.0. The van der Waals surface area contributed by atoms with Crippen LogP contribution in [0.15, 0.2) is 42.5 Å². The minimum atomic E-state index is -0.591. The normalized spacial score (nSPS) is 10.2. The summed E-state index contributed by atoms with van der Waals surface area (Å²) in [4.78, 5) is 10.0. The first kappa shape index (κ1) is 11.1. The van der Waals surface area contributed by atoms with Crippen molar-refractivity contribution in [1.82, 2.24) is 0 Å². The molecule has 17 heavy (non-hydrogen) atoms. The number of rotatable bonds is 2. The Balaban J connectivity index is 2.51. The molecule has 2 aromatic carbocycles. The maximum absolute atomic E-state index is 12.7. The maximum atomic E-state index is 12.7. The standard InChI is InChI=1S/C12H8FNO3/c13-10-3-1-8(2-4-10)9-5-11(14(16)17)7-12(15)6-9/h1-7,15H. The lowest BCUT2D eigenvalue weighted by Crippen LogP contribution is -1.88. The molecule has 0 radical (unpaired) electrons. The first-order chi connectivity index (χ1) is 8.06. The van der Waals surface area contributed by atoms with Crippen molar-refractivity contribution in [2.24, 2.45) is 0 Å². The van der Waals surface area contributed by atoms with Crippen LogP contribution in [0.3, 0.4) is 0 Å². The third kappa shape index (κ3) is 2.39. The van der Waals surface area contributed by atoms with E-state index in [0.29, 0.717) is 11.1 Å². The van der Waals surface area contributed by atoms with Gasteiger partial charge >= 0.3 is 0 Å². The molecule has 0 atom stereocenters. The van der Waals surface area contributed by atoms with Crippen molar-refractivity contribution in [3.63, 3.8) is 0 Å². The quantitative estimate of drug-likeness (QED) is 0.640. The highest BCUT2D eigenvalue weighted by atomic mass is 19.1. The maximum Gasteiger partial charge on any atom is 0.273 e. The molecular formula is C12H8FNO3. The second kappa shape index (κ2) is 4.21. The van der Waals surface area contributed by atoms with Gasteiger partial charge in [0, 0.05) is 6.07 Å². The topological polar surface area (TPSA) is 63.4 Å². The van der Waals surface area contributed by atoms with E-state index in [4.69, 9.17) is 0 Å². The van der Waals surface area contributed by atoms with E-state index in [2.05, 4.69) is 0 Å². The second-order valence-corrected chi connectivity index (χ2v) is 3.50. The summed E-state index contributed by atoms with van der Waals surface area (Å²) in [7, 11) is 0. The number of hydrogen-bond acceptors (Lipinski definition) is 3. The number of benzene rings is 2. The summed E-state index contributed by atoms with van der Waals surface area (Å²) in [6.07, 6.45) is 0. The Labute approximate surface area is 96.1 Å². The zero-order valence-electron chi connectivity index (χ0n) is 8.63. The third-order valence-electron chi connectivity index (χ3n) is 2.29. The van der Waals surface area contributed by atoms with Gasteiger partial charge in [0.1, 0.15) is 11.6 Å². The highest BCUT2D eigenvalue weighted by Gasteiger charge is 2.10. The molecule has 86 valence electrons. The first-order valence-corrected chi connectivity index (χ1v) is 4.80. The number of nitro benzene ring substituents is 1. The van der Waals surface area contributed by atoms with Crippen molar-refractivity contribution in [2.75, 3.05) is 0 Å². The molecule has 0 unspecified atom stereocenters. The van der Waals surface area contributed by atoms with Gasteiger partial charge in [-0.3, -0.25) is 10.1 Å². The SMILES string of the molecule is O=[N+]([O-])c1cc(O)cc(-c2ccc(F)cc2)c1. The van der Waals surface area contributed by atoms with E-state index in [-0.39, 0.29) is 17.3 Å². The number of phenols is 1. The van der Waals surface area contributed by atoms with Gasteiger partial charge in [0.2, 0.25) is 0 Å². The van der Waals surface area contributed by atoms with E-state index >= 15 is 0 Å². The van der Waals surface area contributed by atoms with Crippen LogP contribution in [-0.2, 0) is 0 Å². The number of halogens is 1. The van der Waals surface area contributed by atoms with Crippen molar-refractivity contribution in [3.8, 4) is 16.9 Å². The zero-order chi connectivity index (χ0) is 12.4. The van der Waals surface area contributed by atoms with Crippen LogP contribution >= 0.6 is 0 Å². The van der Waals surface area contributed by atoms with Crippen molar-refractivity contribution < 1.29 is 14.4 Å². The van der Waals surface area contributed by atoms with Crippen molar-refractivity contribution in [1.29, 1.82) is 0 Å². The van der Waals surface area contributed by atoms with Crippen LogP contribution in [-0.4, -0.2) is 10.0 Å². The molecule has 2 aromatic rings. The number of nitro groups is 1. The Morgan fingerprint density at radius 1 is 1.06 bits per heavy atom. The fourth-order valence-corrected chi connectivity index (χ4v) is 1.51. The molecule has 4 nitrogen and oxygen atoms in total. The monoisotopic (exact) mass is 233 g/mol. The summed E-state index contributed by atoms with van der Waals surface area (Å²) in [5, 5.41) is 20.0. The molecule has 0 aliphatic carbocycles. The van der Waals surface area contributed by atoms with E-state index in [1.54, 1.807) is 0 Å². The Bertz CT molecular complexity index is 566. The summed E-state index contributed by atoms with van der Waals surface area (Å²) < 4.78 is 12.7. The molecule has 5 heteroatoms. The largest absolute Gasteiger partial charge is 0.508 e. The summed E-state index contributed by atoms with van der Waals surface area (Å²) >= 11 is 0. The van der Waals surface area contributed by atoms with Gasteiger partial charge in [-0.2, -0.15) is 0 Å². The summed E-state index contributed by atoms with van der Waals surface area (Å²) in [6, 6.07) is 9.28. The van der Waals surface area contributed by atoms with Crippen molar-refractivity contribution in [2.45, 2.75) is 0 Å². The van der Waals surface area contributed by atoms with E-state index in [1.165, 1.54) is 36.4 Å².